The van der Waals surface area contributed by atoms with Crippen LogP contribution in [0.1, 0.15) is 31.8 Å². The first-order valence-corrected chi connectivity index (χ1v) is 17.7. The number of rotatable bonds is 12. The van der Waals surface area contributed by atoms with E-state index in [9.17, 15) is 9.59 Å². The van der Waals surface area contributed by atoms with E-state index in [0.717, 1.165) is 33.9 Å². The predicted octanol–water partition coefficient (Wildman–Crippen LogP) is 8.72. The van der Waals surface area contributed by atoms with Crippen molar-refractivity contribution in [2.45, 2.75) is 13.8 Å². The van der Waals surface area contributed by atoms with E-state index >= 15 is 0 Å². The molecule has 2 aromatic heterocycles. The zero-order valence-corrected chi connectivity index (χ0v) is 31.6. The lowest BCUT2D eigenvalue weighted by molar-refractivity contribution is 0.101. The lowest BCUT2D eigenvalue weighted by Crippen LogP contribution is -2.17. The molecule has 7 aromatic rings. The number of hydrogen-bond donors (Lipinski definition) is 5. The van der Waals surface area contributed by atoms with Crippen LogP contribution in [-0.2, 0) is 0 Å². The highest BCUT2D eigenvalue weighted by Gasteiger charge is 2.13. The van der Waals surface area contributed by atoms with Crippen LogP contribution in [0.2, 0.25) is 0 Å². The maximum absolute atomic E-state index is 12.3. The van der Waals surface area contributed by atoms with Gasteiger partial charge < -0.3 is 30.7 Å². The Labute approximate surface area is 329 Å². The number of carbonyl (C=O) groups is 2. The van der Waals surface area contributed by atoms with Gasteiger partial charge in [-0.2, -0.15) is 24.9 Å². The summed E-state index contributed by atoms with van der Waals surface area (Å²) in [6.45, 7) is 4.08. The van der Waals surface area contributed by atoms with Gasteiger partial charge in [0, 0.05) is 34.3 Å². The summed E-state index contributed by atoms with van der Waals surface area (Å²) in [5.41, 5.74) is 5.90. The maximum Gasteiger partial charge on any atom is 0.258 e. The molecule has 5 N–H and O–H groups in total. The Morgan fingerprint density at radius 3 is 1.42 bits per heavy atom. The molecule has 5 aromatic carbocycles. The zero-order valence-electron chi connectivity index (χ0n) is 31.6. The van der Waals surface area contributed by atoms with Gasteiger partial charge in [-0.1, -0.05) is 60.7 Å². The summed E-state index contributed by atoms with van der Waals surface area (Å²) in [5.74, 6) is 1.85. The molecule has 286 valence electrons. The van der Waals surface area contributed by atoms with E-state index in [0.29, 0.717) is 29.0 Å². The molecule has 14 heteroatoms. The molecule has 0 aliphatic heterocycles. The highest BCUT2D eigenvalue weighted by atomic mass is 16.5. The Balaban J connectivity index is 0.000000196. The van der Waals surface area contributed by atoms with E-state index in [-0.39, 0.29) is 29.5 Å². The Morgan fingerprint density at radius 1 is 0.456 bits per heavy atom. The molecule has 7 rings (SSSR count). The number of hydrogen-bond acceptors (Lipinski definition) is 12. The van der Waals surface area contributed by atoms with E-state index in [1.807, 2.05) is 98.8 Å². The first kappa shape index (κ1) is 38.8. The van der Waals surface area contributed by atoms with Crippen molar-refractivity contribution in [2.24, 2.45) is 0 Å². The monoisotopic (exact) mass is 760 g/mol. The van der Waals surface area contributed by atoms with Crippen LogP contribution in [0.15, 0.2) is 140 Å². The van der Waals surface area contributed by atoms with Gasteiger partial charge in [0.15, 0.2) is 0 Å². The van der Waals surface area contributed by atoms with Gasteiger partial charge in [-0.15, -0.1) is 0 Å². The molecule has 2 amide bonds. The number of aryl methyl sites for hydroxylation is 2. The minimum Gasteiger partial charge on any atom is -0.497 e. The number of nitrogens with one attached hydrogen (secondary N) is 5. The summed E-state index contributed by atoms with van der Waals surface area (Å²) in [6.07, 6.45) is 0. The number of ether oxygens (including phenoxy) is 2. The molecule has 0 bridgehead atoms. The van der Waals surface area contributed by atoms with Crippen LogP contribution in [0.5, 0.6) is 11.6 Å². The molecule has 0 unspecified atom stereocenters. The summed E-state index contributed by atoms with van der Waals surface area (Å²) in [5, 5.41) is 15.0. The molecule has 14 nitrogen and oxygen atoms in total. The van der Waals surface area contributed by atoms with Crippen LogP contribution in [-0.4, -0.2) is 51.0 Å². The number of amides is 2. The zero-order chi connectivity index (χ0) is 40.0. The number of methoxy groups -OCH3 is 2. The van der Waals surface area contributed by atoms with Crippen LogP contribution in [0, 0.1) is 13.8 Å². The second kappa shape index (κ2) is 18.9. The molecule has 0 aliphatic rings. The second-order valence-electron chi connectivity index (χ2n) is 12.4. The lowest BCUT2D eigenvalue weighted by atomic mass is 10.2. The second-order valence-corrected chi connectivity index (χ2v) is 12.4. The fourth-order valence-electron chi connectivity index (χ4n) is 5.24. The third-order valence-corrected chi connectivity index (χ3v) is 7.98. The lowest BCUT2D eigenvalue weighted by Gasteiger charge is -2.12. The minimum absolute atomic E-state index is 0.0292. The topological polar surface area (TPSA) is 177 Å². The van der Waals surface area contributed by atoms with Crippen molar-refractivity contribution in [2.75, 3.05) is 40.8 Å². The molecule has 0 saturated carbocycles. The van der Waals surface area contributed by atoms with E-state index in [1.54, 1.807) is 55.6 Å². The largest absolute Gasteiger partial charge is 0.497 e. The quantitative estimate of drug-likeness (QED) is 0.0802. The van der Waals surface area contributed by atoms with Crippen molar-refractivity contribution in [1.82, 2.24) is 24.9 Å². The molecule has 0 aliphatic carbocycles. The van der Waals surface area contributed by atoms with Gasteiger partial charge in [-0.3, -0.25) is 14.9 Å². The van der Waals surface area contributed by atoms with Crippen LogP contribution in [0.3, 0.4) is 0 Å². The molecule has 0 spiro atoms. The molecular formula is C43H40N10O4. The van der Waals surface area contributed by atoms with Crippen LogP contribution in [0.25, 0.3) is 0 Å². The highest BCUT2D eigenvalue weighted by Crippen LogP contribution is 2.23. The van der Waals surface area contributed by atoms with Gasteiger partial charge in [0.25, 0.3) is 11.8 Å². The average Bonchev–Trinajstić information content (AvgIpc) is 3.22. The predicted molar refractivity (Wildman–Crippen MR) is 222 cm³/mol. The SMILES string of the molecule is COc1cc(NC(=O)c2ccccc2)nc(NC(=O)c2ccccc2)n1.COc1ccc(Nc2nc(Nc3cccc(C)c3)nc(Nc3cccc(C)c3)n2)cc1. The molecule has 57 heavy (non-hydrogen) atoms. The van der Waals surface area contributed by atoms with E-state index < -0.39 is 0 Å². The third kappa shape index (κ3) is 11.6. The number of anilines is 8. The Bertz CT molecular complexity index is 2300. The summed E-state index contributed by atoms with van der Waals surface area (Å²) in [6, 6.07) is 42.5. The fourth-order valence-corrected chi connectivity index (χ4v) is 5.24. The van der Waals surface area contributed by atoms with Crippen LogP contribution >= 0.6 is 0 Å². The number of aromatic nitrogens is 5. The summed E-state index contributed by atoms with van der Waals surface area (Å²) in [7, 11) is 3.08. The normalized spacial score (nSPS) is 10.2. The van der Waals surface area contributed by atoms with E-state index in [2.05, 4.69) is 51.5 Å². The van der Waals surface area contributed by atoms with Gasteiger partial charge in [-0.05, 0) is 97.8 Å². The first-order valence-electron chi connectivity index (χ1n) is 17.7. The molecular weight excluding hydrogens is 721 g/mol. The van der Waals surface area contributed by atoms with Crippen molar-refractivity contribution < 1.29 is 19.1 Å². The Morgan fingerprint density at radius 2 is 0.947 bits per heavy atom. The maximum atomic E-state index is 12.3. The van der Waals surface area contributed by atoms with Crippen molar-refractivity contribution in [3.8, 4) is 11.6 Å². The van der Waals surface area contributed by atoms with Gasteiger partial charge >= 0.3 is 0 Å². The van der Waals surface area contributed by atoms with Crippen molar-refractivity contribution in [3.05, 3.63) is 162 Å². The van der Waals surface area contributed by atoms with Crippen LogP contribution in [0.4, 0.5) is 46.7 Å². The fraction of sp³-hybridized carbons (Fsp3) is 0.0930. The Kier molecular flexibility index (Phi) is 12.9. The molecule has 2 heterocycles. The third-order valence-electron chi connectivity index (χ3n) is 7.98. The molecule has 0 fully saturated rings. The molecule has 0 saturated heterocycles. The number of nitrogens with zero attached hydrogens (tertiary/aromatic N) is 5. The van der Waals surface area contributed by atoms with Crippen molar-refractivity contribution in [1.29, 1.82) is 0 Å². The Hall–Kier alpha value is -7.87. The number of benzene rings is 5. The van der Waals surface area contributed by atoms with Crippen molar-refractivity contribution in [3.63, 3.8) is 0 Å². The summed E-state index contributed by atoms with van der Waals surface area (Å²) >= 11 is 0. The highest BCUT2D eigenvalue weighted by molar-refractivity contribution is 6.05. The average molecular weight is 761 g/mol. The molecule has 0 atom stereocenters. The summed E-state index contributed by atoms with van der Waals surface area (Å²) in [4.78, 5) is 46.4. The van der Waals surface area contributed by atoms with Gasteiger partial charge in [0.05, 0.1) is 14.2 Å². The van der Waals surface area contributed by atoms with E-state index in [4.69, 9.17) is 9.47 Å². The summed E-state index contributed by atoms with van der Waals surface area (Å²) < 4.78 is 10.3. The van der Waals surface area contributed by atoms with Gasteiger partial charge in [0.1, 0.15) is 11.6 Å². The van der Waals surface area contributed by atoms with Gasteiger partial charge in [0.2, 0.25) is 29.7 Å². The standard InChI is InChI=1S/C24H24N6O.C19H16N4O3/c1-16-6-4-8-19(14-16)26-23-28-22(25-18-10-12-21(31-3)13-11-18)29-24(30-23)27-20-9-5-7-17(2)15-20;1-26-16-12-15(20-17(24)13-8-4-2-5-9-13)21-19(22-16)23-18(25)14-10-6-3-7-11-14/h4-15H,1-3H3,(H3,25,26,27,28,29,30);2-12H,1H3,(H2,20,21,22,23,24,25). The van der Waals surface area contributed by atoms with Crippen LogP contribution < -0.4 is 36.1 Å². The van der Waals surface area contributed by atoms with Crippen molar-refractivity contribution >= 4 is 58.5 Å². The van der Waals surface area contributed by atoms with E-state index in [1.165, 1.54) is 13.2 Å². The molecule has 0 radical (unpaired) electrons. The smallest absolute Gasteiger partial charge is 0.258 e. The first-order chi connectivity index (χ1) is 27.7. The minimum atomic E-state index is -0.362. The number of carbonyl (C=O) groups excluding carboxylic acids is 2. The van der Waals surface area contributed by atoms with Gasteiger partial charge in [-0.25, -0.2) is 0 Å².